The zero-order chi connectivity index (χ0) is 16.3. The van der Waals surface area contributed by atoms with Crippen molar-refractivity contribution in [1.29, 1.82) is 0 Å². The van der Waals surface area contributed by atoms with Gasteiger partial charge < -0.3 is 10.6 Å². The summed E-state index contributed by atoms with van der Waals surface area (Å²) in [5, 5.41) is 14.0. The molecule has 122 valence electrons. The predicted molar refractivity (Wildman–Crippen MR) is 89.6 cm³/mol. The van der Waals surface area contributed by atoms with Crippen LogP contribution in [0.15, 0.2) is 30.5 Å². The van der Waals surface area contributed by atoms with Gasteiger partial charge in [0, 0.05) is 11.7 Å². The number of rotatable bonds is 5. The quantitative estimate of drug-likeness (QED) is 0.860. The van der Waals surface area contributed by atoms with Crippen LogP contribution in [0.1, 0.15) is 18.9 Å². The highest BCUT2D eigenvalue weighted by molar-refractivity contribution is 7.91. The van der Waals surface area contributed by atoms with Crippen LogP contribution in [0.5, 0.6) is 0 Å². The fraction of sp³-hybridized carbons (Fsp3) is 0.400. The number of sulfone groups is 1. The standard InChI is InChI=1S/C15H19N5O2S/c1-2-11-3-5-12(6-4-11)17-14-9-16-20-15(19-14)18-13-7-8-23(21,22)10-13/h3-6,9,13H,2,7-8,10H2,1H3,(H2,17,18,19,20). The molecule has 23 heavy (non-hydrogen) atoms. The van der Waals surface area contributed by atoms with E-state index in [1.807, 2.05) is 12.1 Å². The average Bonchev–Trinajstić information content (AvgIpc) is 2.87. The Morgan fingerprint density at radius 1 is 1.26 bits per heavy atom. The third-order valence-corrected chi connectivity index (χ3v) is 5.53. The molecule has 1 saturated heterocycles. The largest absolute Gasteiger partial charge is 0.349 e. The number of anilines is 3. The molecule has 1 aliphatic heterocycles. The van der Waals surface area contributed by atoms with E-state index in [0.717, 1.165) is 12.1 Å². The van der Waals surface area contributed by atoms with Gasteiger partial charge in [-0.2, -0.15) is 10.1 Å². The minimum atomic E-state index is -2.93. The molecule has 8 heteroatoms. The number of nitrogens with zero attached hydrogens (tertiary/aromatic N) is 3. The molecule has 2 heterocycles. The van der Waals surface area contributed by atoms with E-state index in [-0.39, 0.29) is 17.5 Å². The van der Waals surface area contributed by atoms with E-state index >= 15 is 0 Å². The van der Waals surface area contributed by atoms with Crippen molar-refractivity contribution in [2.24, 2.45) is 0 Å². The van der Waals surface area contributed by atoms with Crippen molar-refractivity contribution in [2.75, 3.05) is 22.1 Å². The highest BCUT2D eigenvalue weighted by atomic mass is 32.2. The van der Waals surface area contributed by atoms with Gasteiger partial charge in [-0.3, -0.25) is 0 Å². The Morgan fingerprint density at radius 2 is 2.04 bits per heavy atom. The maximum atomic E-state index is 11.5. The molecule has 1 aliphatic rings. The van der Waals surface area contributed by atoms with Gasteiger partial charge in [0.2, 0.25) is 5.95 Å². The van der Waals surface area contributed by atoms with Gasteiger partial charge >= 0.3 is 0 Å². The second-order valence-electron chi connectivity index (χ2n) is 5.58. The van der Waals surface area contributed by atoms with Crippen molar-refractivity contribution >= 4 is 27.3 Å². The van der Waals surface area contributed by atoms with Crippen LogP contribution in [-0.2, 0) is 16.3 Å². The Hall–Kier alpha value is -2.22. The fourth-order valence-electron chi connectivity index (χ4n) is 2.49. The third-order valence-electron chi connectivity index (χ3n) is 3.76. The Balaban J connectivity index is 1.67. The molecule has 0 bridgehead atoms. The molecule has 0 saturated carbocycles. The van der Waals surface area contributed by atoms with E-state index in [0.29, 0.717) is 18.2 Å². The fourth-order valence-corrected chi connectivity index (χ4v) is 4.16. The first-order valence-corrected chi connectivity index (χ1v) is 9.39. The van der Waals surface area contributed by atoms with Crippen molar-refractivity contribution in [2.45, 2.75) is 25.8 Å². The van der Waals surface area contributed by atoms with Gasteiger partial charge in [-0.15, -0.1) is 5.10 Å². The first-order chi connectivity index (χ1) is 11.0. The van der Waals surface area contributed by atoms with Crippen LogP contribution < -0.4 is 10.6 Å². The van der Waals surface area contributed by atoms with Crippen LogP contribution in [0.4, 0.5) is 17.5 Å². The van der Waals surface area contributed by atoms with Gasteiger partial charge in [0.25, 0.3) is 0 Å². The molecule has 7 nitrogen and oxygen atoms in total. The van der Waals surface area contributed by atoms with E-state index in [1.54, 1.807) is 0 Å². The van der Waals surface area contributed by atoms with Crippen LogP contribution in [0.3, 0.4) is 0 Å². The summed E-state index contributed by atoms with van der Waals surface area (Å²) in [6.45, 7) is 2.11. The first-order valence-electron chi connectivity index (χ1n) is 7.57. The van der Waals surface area contributed by atoms with Crippen LogP contribution in [0.2, 0.25) is 0 Å². The highest BCUT2D eigenvalue weighted by Crippen LogP contribution is 2.18. The topological polar surface area (TPSA) is 96.9 Å². The second kappa shape index (κ2) is 6.49. The molecule has 0 spiro atoms. The minimum Gasteiger partial charge on any atom is -0.349 e. The van der Waals surface area contributed by atoms with Crippen molar-refractivity contribution in [3.8, 4) is 0 Å². The Morgan fingerprint density at radius 3 is 2.70 bits per heavy atom. The summed E-state index contributed by atoms with van der Waals surface area (Å²) in [7, 11) is -2.93. The first kappa shape index (κ1) is 15.7. The lowest BCUT2D eigenvalue weighted by atomic mass is 10.1. The summed E-state index contributed by atoms with van der Waals surface area (Å²) in [5.74, 6) is 1.22. The van der Waals surface area contributed by atoms with E-state index in [2.05, 4.69) is 44.9 Å². The molecular formula is C15H19N5O2S. The summed E-state index contributed by atoms with van der Waals surface area (Å²) in [6.07, 6.45) is 3.10. The van der Waals surface area contributed by atoms with Gasteiger partial charge in [0.05, 0.1) is 17.7 Å². The van der Waals surface area contributed by atoms with E-state index in [4.69, 9.17) is 0 Å². The number of aromatic nitrogens is 3. The zero-order valence-electron chi connectivity index (χ0n) is 12.9. The maximum Gasteiger partial charge on any atom is 0.244 e. The number of aryl methyl sites for hydroxylation is 1. The Labute approximate surface area is 135 Å². The Kier molecular flexibility index (Phi) is 4.42. The summed E-state index contributed by atoms with van der Waals surface area (Å²) in [5.41, 5.74) is 2.18. The average molecular weight is 333 g/mol. The van der Waals surface area contributed by atoms with Crippen molar-refractivity contribution in [3.63, 3.8) is 0 Å². The smallest absolute Gasteiger partial charge is 0.244 e. The summed E-state index contributed by atoms with van der Waals surface area (Å²) in [6, 6.07) is 7.93. The second-order valence-corrected chi connectivity index (χ2v) is 7.81. The van der Waals surface area contributed by atoms with Crippen LogP contribution in [0.25, 0.3) is 0 Å². The van der Waals surface area contributed by atoms with Crippen molar-refractivity contribution < 1.29 is 8.42 Å². The lowest BCUT2D eigenvalue weighted by Crippen LogP contribution is -2.22. The molecule has 1 aromatic carbocycles. The molecule has 1 fully saturated rings. The number of nitrogens with one attached hydrogen (secondary N) is 2. The van der Waals surface area contributed by atoms with Crippen molar-refractivity contribution in [1.82, 2.24) is 15.2 Å². The number of benzene rings is 1. The van der Waals surface area contributed by atoms with Gasteiger partial charge in [0.1, 0.15) is 0 Å². The molecule has 1 aromatic heterocycles. The minimum absolute atomic E-state index is 0.118. The van der Waals surface area contributed by atoms with E-state index < -0.39 is 9.84 Å². The van der Waals surface area contributed by atoms with E-state index in [1.165, 1.54) is 11.8 Å². The normalized spacial score (nSPS) is 19.4. The number of hydrogen-bond donors (Lipinski definition) is 2. The highest BCUT2D eigenvalue weighted by Gasteiger charge is 2.28. The van der Waals surface area contributed by atoms with Crippen LogP contribution in [0, 0.1) is 0 Å². The van der Waals surface area contributed by atoms with Gasteiger partial charge in [-0.1, -0.05) is 19.1 Å². The number of hydrogen-bond acceptors (Lipinski definition) is 7. The van der Waals surface area contributed by atoms with Crippen molar-refractivity contribution in [3.05, 3.63) is 36.0 Å². The molecule has 1 unspecified atom stereocenters. The summed E-state index contributed by atoms with van der Waals surface area (Å²) >= 11 is 0. The Bertz CT molecular complexity index is 777. The molecule has 0 radical (unpaired) electrons. The molecular weight excluding hydrogens is 314 g/mol. The zero-order valence-corrected chi connectivity index (χ0v) is 13.7. The molecule has 1 atom stereocenters. The summed E-state index contributed by atoms with van der Waals surface area (Å²) in [4.78, 5) is 4.33. The molecule has 2 aromatic rings. The van der Waals surface area contributed by atoms with E-state index in [9.17, 15) is 8.42 Å². The van der Waals surface area contributed by atoms with Gasteiger partial charge in [-0.05, 0) is 30.5 Å². The molecule has 0 aliphatic carbocycles. The lowest BCUT2D eigenvalue weighted by molar-refractivity contribution is 0.602. The van der Waals surface area contributed by atoms with Crippen LogP contribution >= 0.6 is 0 Å². The molecule has 2 N–H and O–H groups in total. The van der Waals surface area contributed by atoms with Crippen LogP contribution in [-0.4, -0.2) is 41.1 Å². The third kappa shape index (κ3) is 4.16. The molecule has 0 amide bonds. The van der Waals surface area contributed by atoms with Gasteiger partial charge in [0.15, 0.2) is 15.7 Å². The predicted octanol–water partition coefficient (Wildman–Crippen LogP) is 1.78. The molecule has 3 rings (SSSR count). The lowest BCUT2D eigenvalue weighted by Gasteiger charge is -2.11. The maximum absolute atomic E-state index is 11.5. The monoisotopic (exact) mass is 333 g/mol. The summed E-state index contributed by atoms with van der Waals surface area (Å²) < 4.78 is 23.0. The van der Waals surface area contributed by atoms with Gasteiger partial charge in [-0.25, -0.2) is 8.42 Å². The SMILES string of the molecule is CCc1ccc(Nc2cnnc(NC3CCS(=O)(=O)C3)n2)cc1.